The van der Waals surface area contributed by atoms with Crippen LogP contribution < -0.4 is 20.1 Å². The molecular weight excluding hydrogens is 533 g/mol. The minimum Gasteiger partial charge on any atom is -0.484 e. The van der Waals surface area contributed by atoms with Crippen molar-refractivity contribution in [3.63, 3.8) is 0 Å². The smallest absolute Gasteiger partial charge is 0.258 e. The van der Waals surface area contributed by atoms with E-state index in [9.17, 15) is 23.5 Å². The molecule has 0 bridgehead atoms. The van der Waals surface area contributed by atoms with Crippen LogP contribution in [-0.2, 0) is 14.3 Å². The number of carbonyl (C=O) groups is 2. The quantitative estimate of drug-likeness (QED) is 0.407. The number of amides is 2. The number of rotatable bonds is 9. The fraction of sp³-hybridized carbons (Fsp3) is 0.360. The third-order valence-corrected chi connectivity index (χ3v) is 6.37. The Labute approximate surface area is 222 Å². The average molecular weight is 559 g/mol. The number of carbonyl (C=O) groups excluding carboxylic acids is 2. The average Bonchev–Trinajstić information content (AvgIpc) is 2.87. The topological polar surface area (TPSA) is 106 Å². The maximum atomic E-state index is 13.6. The van der Waals surface area contributed by atoms with Crippen LogP contribution in [0.2, 0.25) is 10.0 Å². The number of aliphatic hydroxyl groups is 1. The van der Waals surface area contributed by atoms with Gasteiger partial charge in [0.2, 0.25) is 0 Å². The summed E-state index contributed by atoms with van der Waals surface area (Å²) in [5.74, 6) is -2.18. The minimum atomic E-state index is -1.13. The van der Waals surface area contributed by atoms with Gasteiger partial charge in [-0.05, 0) is 43.2 Å². The molecular formula is C25H26Cl2F2N2O6. The summed E-state index contributed by atoms with van der Waals surface area (Å²) in [5.41, 5.74) is 0.426. The molecule has 12 heteroatoms. The van der Waals surface area contributed by atoms with E-state index in [0.29, 0.717) is 5.57 Å². The van der Waals surface area contributed by atoms with E-state index in [2.05, 4.69) is 10.6 Å². The molecule has 2 aromatic carbocycles. The minimum absolute atomic E-state index is 0.0688. The van der Waals surface area contributed by atoms with Gasteiger partial charge in [-0.25, -0.2) is 8.78 Å². The first-order valence-corrected chi connectivity index (χ1v) is 12.0. The number of ether oxygens (including phenoxy) is 3. The summed E-state index contributed by atoms with van der Waals surface area (Å²) in [7, 11) is 1.44. The molecule has 4 atom stereocenters. The van der Waals surface area contributed by atoms with Gasteiger partial charge in [-0.1, -0.05) is 29.3 Å². The largest absolute Gasteiger partial charge is 0.484 e. The van der Waals surface area contributed by atoms with E-state index in [1.165, 1.54) is 31.4 Å². The molecule has 0 heterocycles. The zero-order valence-electron chi connectivity index (χ0n) is 20.0. The maximum absolute atomic E-state index is 13.6. The Morgan fingerprint density at radius 3 is 1.97 bits per heavy atom. The third kappa shape index (κ3) is 7.54. The third-order valence-electron chi connectivity index (χ3n) is 5.76. The monoisotopic (exact) mass is 558 g/mol. The van der Waals surface area contributed by atoms with Crippen LogP contribution in [-0.4, -0.2) is 61.5 Å². The van der Waals surface area contributed by atoms with E-state index >= 15 is 0 Å². The Balaban J connectivity index is 1.58. The van der Waals surface area contributed by atoms with Crippen molar-refractivity contribution in [3.05, 3.63) is 69.7 Å². The molecule has 1 fully saturated rings. The molecule has 2 aromatic rings. The van der Waals surface area contributed by atoms with Crippen LogP contribution in [0.1, 0.15) is 13.3 Å². The molecule has 37 heavy (non-hydrogen) atoms. The van der Waals surface area contributed by atoms with Gasteiger partial charge in [0.05, 0.1) is 34.3 Å². The first kappa shape index (κ1) is 28.6. The van der Waals surface area contributed by atoms with Gasteiger partial charge < -0.3 is 30.0 Å². The van der Waals surface area contributed by atoms with Gasteiger partial charge in [0, 0.05) is 19.2 Å². The number of hydrogen-bond donors (Lipinski definition) is 3. The highest BCUT2D eigenvalue weighted by Gasteiger charge is 2.41. The van der Waals surface area contributed by atoms with Crippen molar-refractivity contribution in [2.24, 2.45) is 0 Å². The molecule has 0 saturated heterocycles. The molecule has 3 N–H and O–H groups in total. The Kier molecular flexibility index (Phi) is 10.1. The zero-order chi connectivity index (χ0) is 27.1. The SMILES string of the molecule is C/C=C1\C(O)C(NC(=O)COc2ccc(Cl)c(F)c2)C[C@@H](OC)C1NC(=O)COc1ccc(Cl)c(F)c1. The summed E-state index contributed by atoms with van der Waals surface area (Å²) in [6, 6.07) is 6.16. The van der Waals surface area contributed by atoms with Crippen molar-refractivity contribution in [1.82, 2.24) is 10.6 Å². The second-order valence-electron chi connectivity index (χ2n) is 8.19. The molecule has 0 aromatic heterocycles. The molecule has 2 amide bonds. The van der Waals surface area contributed by atoms with Crippen LogP contribution in [0.4, 0.5) is 8.78 Å². The number of hydrogen-bond acceptors (Lipinski definition) is 6. The van der Waals surface area contributed by atoms with Gasteiger partial charge in [0.25, 0.3) is 11.8 Å². The Morgan fingerprint density at radius 2 is 1.51 bits per heavy atom. The lowest BCUT2D eigenvalue weighted by molar-refractivity contribution is -0.127. The Hall–Kier alpha value is -2.92. The van der Waals surface area contributed by atoms with Gasteiger partial charge in [-0.15, -0.1) is 0 Å². The van der Waals surface area contributed by atoms with Crippen molar-refractivity contribution < 1.29 is 37.7 Å². The second kappa shape index (κ2) is 13.0. The van der Waals surface area contributed by atoms with Crippen LogP contribution in [0.5, 0.6) is 11.5 Å². The summed E-state index contributed by atoms with van der Waals surface area (Å²) in [6.07, 6.45) is 0.0698. The number of allylic oxidation sites excluding steroid dienone is 1. The number of halogens is 4. The van der Waals surface area contributed by atoms with Gasteiger partial charge >= 0.3 is 0 Å². The van der Waals surface area contributed by atoms with Crippen molar-refractivity contribution in [1.29, 1.82) is 0 Å². The number of nitrogens with one attached hydrogen (secondary N) is 2. The van der Waals surface area contributed by atoms with Crippen molar-refractivity contribution >= 4 is 35.0 Å². The Bertz CT molecular complexity index is 1170. The zero-order valence-corrected chi connectivity index (χ0v) is 21.5. The molecule has 0 aliphatic heterocycles. The molecule has 1 saturated carbocycles. The van der Waals surface area contributed by atoms with Gasteiger partial charge in [-0.3, -0.25) is 9.59 Å². The molecule has 1 aliphatic carbocycles. The van der Waals surface area contributed by atoms with Crippen LogP contribution in [0.3, 0.4) is 0 Å². The summed E-state index contributed by atoms with van der Waals surface area (Å²) in [6.45, 7) is 0.847. The van der Waals surface area contributed by atoms with Crippen molar-refractivity contribution in [2.75, 3.05) is 20.3 Å². The van der Waals surface area contributed by atoms with Gasteiger partial charge in [-0.2, -0.15) is 0 Å². The molecule has 200 valence electrons. The molecule has 0 spiro atoms. The highest BCUT2D eigenvalue weighted by Crippen LogP contribution is 2.28. The van der Waals surface area contributed by atoms with E-state index in [1.54, 1.807) is 13.0 Å². The van der Waals surface area contributed by atoms with E-state index in [0.717, 1.165) is 12.1 Å². The predicted octanol–water partition coefficient (Wildman–Crippen LogP) is 3.42. The van der Waals surface area contributed by atoms with E-state index < -0.39 is 61.0 Å². The number of aliphatic hydroxyl groups excluding tert-OH is 1. The predicted molar refractivity (Wildman–Crippen MR) is 133 cm³/mol. The first-order chi connectivity index (χ1) is 17.6. The molecule has 3 unspecified atom stereocenters. The van der Waals surface area contributed by atoms with Crippen molar-refractivity contribution in [3.8, 4) is 11.5 Å². The summed E-state index contributed by atoms with van der Waals surface area (Å²) >= 11 is 11.3. The Morgan fingerprint density at radius 1 is 1.00 bits per heavy atom. The molecule has 0 radical (unpaired) electrons. The maximum Gasteiger partial charge on any atom is 0.258 e. The number of methoxy groups -OCH3 is 1. The molecule has 1 aliphatic rings. The van der Waals surface area contributed by atoms with Crippen LogP contribution in [0.15, 0.2) is 48.0 Å². The fourth-order valence-electron chi connectivity index (χ4n) is 3.94. The highest BCUT2D eigenvalue weighted by molar-refractivity contribution is 6.31. The highest BCUT2D eigenvalue weighted by atomic mass is 35.5. The lowest BCUT2D eigenvalue weighted by atomic mass is 9.81. The van der Waals surface area contributed by atoms with Crippen LogP contribution >= 0.6 is 23.2 Å². The lowest BCUT2D eigenvalue weighted by Gasteiger charge is -2.41. The first-order valence-electron chi connectivity index (χ1n) is 11.2. The normalized spacial score (nSPS) is 22.4. The summed E-state index contributed by atoms with van der Waals surface area (Å²) in [4.78, 5) is 25.0. The molecule has 8 nitrogen and oxygen atoms in total. The van der Waals surface area contributed by atoms with Gasteiger partial charge in [0.15, 0.2) is 13.2 Å². The standard InChI is InChI=1S/C25H26Cl2F2N2O6/c1-3-15-24(31-23(33)12-37-14-5-7-17(27)19(29)9-14)21(35-2)10-20(25(15)34)30-22(32)11-36-13-4-6-16(26)18(28)8-13/h3-9,20-21,24-25,34H,10-12H2,1-2H3,(H,30,32)(H,31,33)/b15-3-/t20?,21-,24?,25?/m1/s1. The summed E-state index contributed by atoms with van der Waals surface area (Å²) in [5, 5.41) is 16.2. The second-order valence-corrected chi connectivity index (χ2v) is 9.01. The van der Waals surface area contributed by atoms with Crippen molar-refractivity contribution in [2.45, 2.75) is 37.6 Å². The van der Waals surface area contributed by atoms with Crippen LogP contribution in [0, 0.1) is 11.6 Å². The van der Waals surface area contributed by atoms with E-state index in [-0.39, 0.29) is 28.0 Å². The van der Waals surface area contributed by atoms with Crippen LogP contribution in [0.25, 0.3) is 0 Å². The lowest BCUT2D eigenvalue weighted by Crippen LogP contribution is -2.60. The van der Waals surface area contributed by atoms with Gasteiger partial charge in [0.1, 0.15) is 23.1 Å². The van der Waals surface area contributed by atoms with E-state index in [1.807, 2.05) is 0 Å². The number of benzene rings is 2. The molecule has 3 rings (SSSR count). The summed E-state index contributed by atoms with van der Waals surface area (Å²) < 4.78 is 43.3. The van der Waals surface area contributed by atoms with E-state index in [4.69, 9.17) is 37.4 Å². The fourth-order valence-corrected chi connectivity index (χ4v) is 4.17.